The highest BCUT2D eigenvalue weighted by atomic mass is 19.3. The van der Waals surface area contributed by atoms with Gasteiger partial charge in [0.05, 0.1) is 5.54 Å². The van der Waals surface area contributed by atoms with Crippen LogP contribution < -0.4 is 5.73 Å². The number of hydrogen-bond acceptors (Lipinski definition) is 1. The largest absolute Gasteiger partial charge is 0.320 e. The molecule has 0 aromatic carbocycles. The quantitative estimate of drug-likeness (QED) is 0.677. The summed E-state index contributed by atoms with van der Waals surface area (Å²) < 4.78 is 25.4. The van der Waals surface area contributed by atoms with Gasteiger partial charge in [0.25, 0.3) is 5.92 Å². The van der Waals surface area contributed by atoms with E-state index < -0.39 is 11.5 Å². The van der Waals surface area contributed by atoms with Crippen LogP contribution in [0.25, 0.3) is 0 Å². The molecule has 1 saturated carbocycles. The molecule has 1 aliphatic carbocycles. The summed E-state index contributed by atoms with van der Waals surface area (Å²) in [6.07, 6.45) is 1.39. The molecule has 0 amide bonds. The summed E-state index contributed by atoms with van der Waals surface area (Å²) in [6.45, 7) is 3.83. The fraction of sp³-hybridized carbons (Fsp3) is 1.00. The molecule has 1 nitrogen and oxygen atoms in total. The van der Waals surface area contributed by atoms with Crippen LogP contribution in [0.2, 0.25) is 0 Å². The second-order valence-electron chi connectivity index (χ2n) is 3.44. The first-order valence-corrected chi connectivity index (χ1v) is 4.14. The zero-order chi connectivity index (χ0) is 8.70. The maximum atomic E-state index is 12.7. The summed E-state index contributed by atoms with van der Waals surface area (Å²) in [5.74, 6) is -2.61. The van der Waals surface area contributed by atoms with Gasteiger partial charge in [-0.25, -0.2) is 8.78 Å². The number of halogens is 2. The van der Waals surface area contributed by atoms with Crippen molar-refractivity contribution in [2.75, 3.05) is 0 Å². The molecule has 1 aliphatic rings. The lowest BCUT2D eigenvalue weighted by molar-refractivity contribution is 0.0706. The number of nitrogens with two attached hydrogens (primary N) is 1. The van der Waals surface area contributed by atoms with Crippen LogP contribution in [0.3, 0.4) is 0 Å². The van der Waals surface area contributed by atoms with Crippen molar-refractivity contribution < 1.29 is 8.78 Å². The molecule has 0 radical (unpaired) electrons. The first kappa shape index (κ1) is 8.91. The van der Waals surface area contributed by atoms with Crippen molar-refractivity contribution in [3.63, 3.8) is 0 Å². The Labute approximate surface area is 66.0 Å². The van der Waals surface area contributed by atoms with Crippen molar-refractivity contribution >= 4 is 0 Å². The molecule has 0 aromatic rings. The normalized spacial score (nSPS) is 34.4. The summed E-state index contributed by atoms with van der Waals surface area (Å²) in [4.78, 5) is 0. The minimum absolute atomic E-state index is 0.0162. The monoisotopic (exact) mass is 163 g/mol. The molecule has 0 heterocycles. The second kappa shape index (κ2) is 2.41. The molecule has 0 saturated heterocycles. The van der Waals surface area contributed by atoms with Crippen molar-refractivity contribution in [3.8, 4) is 0 Å². The molecule has 1 fully saturated rings. The molecule has 0 aromatic heterocycles. The average Bonchev–Trinajstić information content (AvgIpc) is 2.36. The van der Waals surface area contributed by atoms with Gasteiger partial charge in [-0.05, 0) is 5.92 Å². The Morgan fingerprint density at radius 2 is 1.73 bits per heavy atom. The Hall–Kier alpha value is -0.180. The van der Waals surface area contributed by atoms with Crippen LogP contribution in [0.5, 0.6) is 0 Å². The highest BCUT2D eigenvalue weighted by Gasteiger charge is 2.71. The van der Waals surface area contributed by atoms with E-state index in [-0.39, 0.29) is 12.3 Å². The van der Waals surface area contributed by atoms with Crippen molar-refractivity contribution in [3.05, 3.63) is 0 Å². The van der Waals surface area contributed by atoms with E-state index in [1.807, 2.05) is 13.8 Å². The Morgan fingerprint density at radius 3 is 1.82 bits per heavy atom. The topological polar surface area (TPSA) is 26.0 Å². The first-order valence-electron chi connectivity index (χ1n) is 4.14. The third kappa shape index (κ3) is 1.15. The van der Waals surface area contributed by atoms with Crippen molar-refractivity contribution in [2.45, 2.75) is 44.6 Å². The summed E-state index contributed by atoms with van der Waals surface area (Å²) in [5.41, 5.74) is 4.37. The molecule has 0 aliphatic heterocycles. The van der Waals surface area contributed by atoms with E-state index in [1.54, 1.807) is 0 Å². The molecule has 1 unspecified atom stereocenters. The summed E-state index contributed by atoms with van der Waals surface area (Å²) in [7, 11) is 0. The SMILES string of the molecule is CCC(CC)C1(N)CC1(F)F. The van der Waals surface area contributed by atoms with Gasteiger partial charge in [-0.2, -0.15) is 0 Å². The predicted octanol–water partition coefficient (Wildman–Crippen LogP) is 2.16. The highest BCUT2D eigenvalue weighted by Crippen LogP contribution is 2.56. The minimum Gasteiger partial charge on any atom is -0.320 e. The maximum Gasteiger partial charge on any atom is 0.268 e. The molecule has 66 valence electrons. The zero-order valence-electron chi connectivity index (χ0n) is 7.03. The van der Waals surface area contributed by atoms with Crippen LogP contribution in [-0.4, -0.2) is 11.5 Å². The van der Waals surface area contributed by atoms with Gasteiger partial charge in [0, 0.05) is 6.42 Å². The van der Waals surface area contributed by atoms with Crippen LogP contribution in [0.4, 0.5) is 8.78 Å². The highest BCUT2D eigenvalue weighted by molar-refractivity contribution is 5.18. The van der Waals surface area contributed by atoms with Crippen LogP contribution in [0, 0.1) is 5.92 Å². The van der Waals surface area contributed by atoms with Crippen LogP contribution in [0.15, 0.2) is 0 Å². The Morgan fingerprint density at radius 1 is 1.36 bits per heavy atom. The van der Waals surface area contributed by atoms with Crippen LogP contribution in [-0.2, 0) is 0 Å². The molecular formula is C8H15F2N. The molecule has 11 heavy (non-hydrogen) atoms. The van der Waals surface area contributed by atoms with Crippen molar-refractivity contribution in [1.82, 2.24) is 0 Å². The Balaban J connectivity index is 2.61. The predicted molar refractivity (Wildman–Crippen MR) is 40.6 cm³/mol. The van der Waals surface area contributed by atoms with Crippen LogP contribution >= 0.6 is 0 Å². The van der Waals surface area contributed by atoms with Gasteiger partial charge in [0.2, 0.25) is 0 Å². The van der Waals surface area contributed by atoms with Crippen molar-refractivity contribution in [1.29, 1.82) is 0 Å². The number of alkyl halides is 2. The van der Waals surface area contributed by atoms with Gasteiger partial charge >= 0.3 is 0 Å². The number of hydrogen-bond donors (Lipinski definition) is 1. The third-order valence-electron chi connectivity index (χ3n) is 2.78. The van der Waals surface area contributed by atoms with Gasteiger partial charge in [-0.3, -0.25) is 0 Å². The molecule has 1 rings (SSSR count). The molecule has 1 atom stereocenters. The van der Waals surface area contributed by atoms with Crippen molar-refractivity contribution in [2.24, 2.45) is 11.7 Å². The summed E-state index contributed by atoms with van der Waals surface area (Å²) in [5, 5.41) is 0. The zero-order valence-corrected chi connectivity index (χ0v) is 7.03. The van der Waals surface area contributed by atoms with Gasteiger partial charge in [-0.15, -0.1) is 0 Å². The van der Waals surface area contributed by atoms with E-state index in [0.29, 0.717) is 0 Å². The van der Waals surface area contributed by atoms with Gasteiger partial charge in [0.15, 0.2) is 0 Å². The second-order valence-corrected chi connectivity index (χ2v) is 3.44. The lowest BCUT2D eigenvalue weighted by Crippen LogP contribution is -2.38. The lowest BCUT2D eigenvalue weighted by Gasteiger charge is -2.20. The Bertz CT molecular complexity index is 154. The lowest BCUT2D eigenvalue weighted by atomic mass is 9.92. The fourth-order valence-electron chi connectivity index (χ4n) is 1.78. The van der Waals surface area contributed by atoms with E-state index in [0.717, 1.165) is 12.8 Å². The molecular weight excluding hydrogens is 148 g/mol. The molecule has 2 N–H and O–H groups in total. The average molecular weight is 163 g/mol. The van der Waals surface area contributed by atoms with Gasteiger partial charge in [-0.1, -0.05) is 26.7 Å². The summed E-state index contributed by atoms with van der Waals surface area (Å²) >= 11 is 0. The number of rotatable bonds is 3. The fourth-order valence-corrected chi connectivity index (χ4v) is 1.78. The summed E-state index contributed by atoms with van der Waals surface area (Å²) in [6, 6.07) is 0. The standard InChI is InChI=1S/C8H15F2N/c1-3-6(4-2)7(11)5-8(7,9)10/h6H,3-5,11H2,1-2H3. The van der Waals surface area contributed by atoms with E-state index in [4.69, 9.17) is 5.73 Å². The van der Waals surface area contributed by atoms with E-state index in [9.17, 15) is 8.78 Å². The molecule has 0 spiro atoms. The van der Waals surface area contributed by atoms with Gasteiger partial charge in [0.1, 0.15) is 0 Å². The molecule has 0 bridgehead atoms. The first-order chi connectivity index (χ1) is 4.98. The minimum atomic E-state index is -2.59. The Kier molecular flexibility index (Phi) is 1.95. The van der Waals surface area contributed by atoms with Crippen LogP contribution in [0.1, 0.15) is 33.1 Å². The van der Waals surface area contributed by atoms with E-state index in [2.05, 4.69) is 0 Å². The third-order valence-corrected chi connectivity index (χ3v) is 2.78. The maximum absolute atomic E-state index is 12.7. The molecule has 3 heteroatoms. The van der Waals surface area contributed by atoms with E-state index >= 15 is 0 Å². The van der Waals surface area contributed by atoms with Gasteiger partial charge < -0.3 is 5.73 Å². The van der Waals surface area contributed by atoms with E-state index in [1.165, 1.54) is 0 Å². The smallest absolute Gasteiger partial charge is 0.268 e.